The predicted octanol–water partition coefficient (Wildman–Crippen LogP) is 3.38. The van der Waals surface area contributed by atoms with Gasteiger partial charge in [-0.3, -0.25) is 4.79 Å². The number of nitrogens with zero attached hydrogens (tertiary/aromatic N) is 1. The van der Waals surface area contributed by atoms with Crippen LogP contribution in [0.1, 0.15) is 25.3 Å². The Labute approximate surface area is 136 Å². The molecule has 1 atom stereocenters. The van der Waals surface area contributed by atoms with Gasteiger partial charge >= 0.3 is 0 Å². The summed E-state index contributed by atoms with van der Waals surface area (Å²) >= 11 is 11.8. The summed E-state index contributed by atoms with van der Waals surface area (Å²) in [6.45, 7) is 6.35. The van der Waals surface area contributed by atoms with Gasteiger partial charge in [0.1, 0.15) is 0 Å². The van der Waals surface area contributed by atoms with Crippen LogP contribution < -0.4 is 5.32 Å². The van der Waals surface area contributed by atoms with Gasteiger partial charge in [0, 0.05) is 13.1 Å². The molecule has 2 rings (SSSR count). The van der Waals surface area contributed by atoms with Gasteiger partial charge in [-0.25, -0.2) is 0 Å². The Balaban J connectivity index is 1.72. The minimum absolute atomic E-state index is 0.0293. The Morgan fingerprint density at radius 2 is 2.00 bits per heavy atom. The molecule has 0 spiro atoms. The fraction of sp³-hybridized carbons (Fsp3) is 0.562. The highest BCUT2D eigenvalue weighted by Gasteiger charge is 2.15. The van der Waals surface area contributed by atoms with Crippen LogP contribution in [0.2, 0.25) is 10.0 Å². The molecule has 1 fully saturated rings. The van der Waals surface area contributed by atoms with Gasteiger partial charge in [-0.1, -0.05) is 36.2 Å². The van der Waals surface area contributed by atoms with Crippen molar-refractivity contribution in [2.24, 2.45) is 5.92 Å². The van der Waals surface area contributed by atoms with Gasteiger partial charge < -0.3 is 10.2 Å². The number of hydrogen-bond donors (Lipinski definition) is 1. The predicted molar refractivity (Wildman–Crippen MR) is 88.0 cm³/mol. The molecule has 0 saturated carbocycles. The molecule has 1 amide bonds. The fourth-order valence-electron chi connectivity index (χ4n) is 2.66. The van der Waals surface area contributed by atoms with Gasteiger partial charge in [-0.15, -0.1) is 0 Å². The largest absolute Gasteiger partial charge is 0.355 e. The first-order valence-corrected chi connectivity index (χ1v) is 8.23. The van der Waals surface area contributed by atoms with E-state index in [0.29, 0.717) is 22.4 Å². The van der Waals surface area contributed by atoms with Crippen LogP contribution in [-0.4, -0.2) is 37.0 Å². The molecule has 1 aromatic carbocycles. The van der Waals surface area contributed by atoms with Crippen molar-refractivity contribution in [2.45, 2.75) is 26.2 Å². The number of amides is 1. The Bertz CT molecular complexity index is 487. The number of hydrogen-bond acceptors (Lipinski definition) is 2. The molecule has 5 heteroatoms. The van der Waals surface area contributed by atoms with E-state index < -0.39 is 0 Å². The second kappa shape index (κ2) is 8.02. The number of benzene rings is 1. The van der Waals surface area contributed by atoms with Crippen LogP contribution in [0, 0.1) is 5.92 Å². The molecule has 116 valence electrons. The van der Waals surface area contributed by atoms with Gasteiger partial charge in [-0.05, 0) is 49.5 Å². The first kappa shape index (κ1) is 16.6. The molecule has 1 aliphatic heterocycles. The summed E-state index contributed by atoms with van der Waals surface area (Å²) < 4.78 is 0. The molecule has 1 heterocycles. The van der Waals surface area contributed by atoms with Crippen molar-refractivity contribution in [1.82, 2.24) is 10.2 Å². The summed E-state index contributed by atoms with van der Waals surface area (Å²) in [4.78, 5) is 14.4. The van der Waals surface area contributed by atoms with E-state index in [1.807, 2.05) is 6.07 Å². The first-order chi connectivity index (χ1) is 10.0. The van der Waals surface area contributed by atoms with Gasteiger partial charge in [0.15, 0.2) is 0 Å². The van der Waals surface area contributed by atoms with Crippen molar-refractivity contribution in [1.29, 1.82) is 0 Å². The van der Waals surface area contributed by atoms with E-state index in [1.54, 1.807) is 12.1 Å². The maximum atomic E-state index is 11.9. The van der Waals surface area contributed by atoms with Crippen LogP contribution in [0.4, 0.5) is 0 Å². The van der Waals surface area contributed by atoms with Crippen LogP contribution in [0.5, 0.6) is 0 Å². The van der Waals surface area contributed by atoms with Crippen molar-refractivity contribution in [3.05, 3.63) is 33.8 Å². The van der Waals surface area contributed by atoms with Crippen molar-refractivity contribution in [3.8, 4) is 0 Å². The van der Waals surface area contributed by atoms with E-state index in [2.05, 4.69) is 17.1 Å². The minimum atomic E-state index is 0.0293. The van der Waals surface area contributed by atoms with Gasteiger partial charge in [0.05, 0.1) is 16.5 Å². The summed E-state index contributed by atoms with van der Waals surface area (Å²) in [6, 6.07) is 5.31. The Kier molecular flexibility index (Phi) is 6.34. The fourth-order valence-corrected chi connectivity index (χ4v) is 2.98. The molecule has 0 aromatic heterocycles. The van der Waals surface area contributed by atoms with Crippen LogP contribution in [0.15, 0.2) is 18.2 Å². The molecular weight excluding hydrogens is 307 g/mol. The van der Waals surface area contributed by atoms with Crippen LogP contribution >= 0.6 is 23.2 Å². The number of carbonyl (C=O) groups is 1. The number of likely N-dealkylation sites (tertiary alicyclic amines) is 1. The van der Waals surface area contributed by atoms with Crippen LogP contribution in [0.3, 0.4) is 0 Å². The lowest BCUT2D eigenvalue weighted by atomic mass is 10.1. The number of nitrogens with one attached hydrogen (secondary N) is 1. The second-order valence-corrected chi connectivity index (χ2v) is 6.66. The van der Waals surface area contributed by atoms with E-state index >= 15 is 0 Å². The molecule has 0 radical (unpaired) electrons. The topological polar surface area (TPSA) is 32.3 Å². The average Bonchev–Trinajstić information content (AvgIpc) is 2.93. The smallest absolute Gasteiger partial charge is 0.224 e. The highest BCUT2D eigenvalue weighted by molar-refractivity contribution is 6.42. The summed E-state index contributed by atoms with van der Waals surface area (Å²) in [6.07, 6.45) is 2.94. The Morgan fingerprint density at radius 1 is 1.29 bits per heavy atom. The molecule has 1 saturated heterocycles. The molecular formula is C16H22Cl2N2O. The number of carbonyl (C=O) groups excluding carboxylic acids is 1. The monoisotopic (exact) mass is 328 g/mol. The molecule has 1 aliphatic rings. The SMILES string of the molecule is CC(CNC(=O)Cc1ccc(Cl)c(Cl)c1)CN1CCCC1. The molecule has 1 unspecified atom stereocenters. The highest BCUT2D eigenvalue weighted by atomic mass is 35.5. The molecule has 0 bridgehead atoms. The normalized spacial score (nSPS) is 16.9. The zero-order chi connectivity index (χ0) is 15.2. The van der Waals surface area contributed by atoms with Gasteiger partial charge in [0.25, 0.3) is 0 Å². The summed E-state index contributed by atoms with van der Waals surface area (Å²) in [5, 5.41) is 4.00. The van der Waals surface area contributed by atoms with Gasteiger partial charge in [0.2, 0.25) is 5.91 Å². The van der Waals surface area contributed by atoms with E-state index in [-0.39, 0.29) is 5.91 Å². The lowest BCUT2D eigenvalue weighted by Crippen LogP contribution is -2.35. The summed E-state index contributed by atoms with van der Waals surface area (Å²) in [7, 11) is 0. The molecule has 1 aromatic rings. The van der Waals surface area contributed by atoms with Gasteiger partial charge in [-0.2, -0.15) is 0 Å². The maximum Gasteiger partial charge on any atom is 0.224 e. The minimum Gasteiger partial charge on any atom is -0.355 e. The second-order valence-electron chi connectivity index (χ2n) is 5.84. The zero-order valence-electron chi connectivity index (χ0n) is 12.4. The van der Waals surface area contributed by atoms with E-state index in [9.17, 15) is 4.79 Å². The lowest BCUT2D eigenvalue weighted by molar-refractivity contribution is -0.120. The Morgan fingerprint density at radius 3 is 2.67 bits per heavy atom. The number of halogens is 2. The standard InChI is InChI=1S/C16H22Cl2N2O/c1-12(11-20-6-2-3-7-20)10-19-16(21)9-13-4-5-14(17)15(18)8-13/h4-5,8,12H,2-3,6-7,9-11H2,1H3,(H,19,21). The summed E-state index contributed by atoms with van der Waals surface area (Å²) in [5.74, 6) is 0.502. The van der Waals surface area contributed by atoms with Crippen LogP contribution in [-0.2, 0) is 11.2 Å². The molecule has 21 heavy (non-hydrogen) atoms. The third kappa shape index (κ3) is 5.50. The maximum absolute atomic E-state index is 11.9. The molecule has 1 N–H and O–H groups in total. The quantitative estimate of drug-likeness (QED) is 0.868. The van der Waals surface area contributed by atoms with E-state index in [1.165, 1.54) is 25.9 Å². The van der Waals surface area contributed by atoms with Crippen molar-refractivity contribution in [2.75, 3.05) is 26.2 Å². The van der Waals surface area contributed by atoms with Crippen molar-refractivity contribution >= 4 is 29.1 Å². The van der Waals surface area contributed by atoms with E-state index in [0.717, 1.165) is 18.7 Å². The lowest BCUT2D eigenvalue weighted by Gasteiger charge is -2.20. The Hall–Kier alpha value is -0.770. The average molecular weight is 329 g/mol. The molecule has 3 nitrogen and oxygen atoms in total. The van der Waals surface area contributed by atoms with Crippen LogP contribution in [0.25, 0.3) is 0 Å². The molecule has 0 aliphatic carbocycles. The number of rotatable bonds is 6. The zero-order valence-corrected chi connectivity index (χ0v) is 13.9. The third-order valence-electron chi connectivity index (χ3n) is 3.76. The highest BCUT2D eigenvalue weighted by Crippen LogP contribution is 2.22. The van der Waals surface area contributed by atoms with Crippen molar-refractivity contribution in [3.63, 3.8) is 0 Å². The first-order valence-electron chi connectivity index (χ1n) is 7.47. The summed E-state index contributed by atoms with van der Waals surface area (Å²) in [5.41, 5.74) is 0.883. The third-order valence-corrected chi connectivity index (χ3v) is 4.50. The van der Waals surface area contributed by atoms with E-state index in [4.69, 9.17) is 23.2 Å². The van der Waals surface area contributed by atoms with Crippen molar-refractivity contribution < 1.29 is 4.79 Å².